The molecule has 8 nitrogen and oxygen atoms in total. The van der Waals surface area contributed by atoms with Crippen molar-refractivity contribution in [2.24, 2.45) is 0 Å². The first-order valence-electron chi connectivity index (χ1n) is 38.2. The normalized spacial score (nSPS) is 14.4. The lowest BCUT2D eigenvalue weighted by atomic mass is 10.0. The van der Waals surface area contributed by atoms with Crippen LogP contribution in [-0.4, -0.2) is 73.4 Å². The molecule has 0 saturated carbocycles. The third-order valence-corrected chi connectivity index (χ3v) is 17.5. The van der Waals surface area contributed by atoms with E-state index in [-0.39, 0.29) is 19.1 Å². The van der Waals surface area contributed by atoms with Crippen molar-refractivity contribution in [3.8, 4) is 0 Å². The molecule has 0 aliphatic heterocycles. The average molecular weight is 1300 g/mol. The first-order valence-corrected chi connectivity index (χ1v) is 39.7. The molecule has 0 rings (SSSR count). The van der Waals surface area contributed by atoms with E-state index in [1.807, 2.05) is 27.2 Å². The van der Waals surface area contributed by atoms with Gasteiger partial charge in [0, 0.05) is 6.42 Å². The van der Waals surface area contributed by atoms with Gasteiger partial charge in [-0.1, -0.05) is 359 Å². The third-order valence-electron chi connectivity index (χ3n) is 16.6. The van der Waals surface area contributed by atoms with Crippen molar-refractivity contribution in [2.45, 2.75) is 334 Å². The number of aliphatic hydroxyl groups excluding tert-OH is 1. The van der Waals surface area contributed by atoms with Crippen molar-refractivity contribution in [3.63, 3.8) is 0 Å². The van der Waals surface area contributed by atoms with Crippen LogP contribution in [0, 0.1) is 0 Å². The highest BCUT2D eigenvalue weighted by Gasteiger charge is 2.28. The molecule has 0 aliphatic carbocycles. The van der Waals surface area contributed by atoms with Crippen molar-refractivity contribution < 1.29 is 32.9 Å². The third kappa shape index (κ3) is 73.8. The molecule has 0 aromatic rings. The highest BCUT2D eigenvalue weighted by molar-refractivity contribution is 7.47. The Hall–Kier alpha value is -3.62. The van der Waals surface area contributed by atoms with Gasteiger partial charge in [-0.25, -0.2) is 4.57 Å². The second-order valence-electron chi connectivity index (χ2n) is 26.6. The fourth-order valence-electron chi connectivity index (χ4n) is 10.7. The number of likely N-dealkylation sites (N-methyl/N-ethyl adjacent to an activating group) is 1. The molecule has 0 radical (unpaired) electrons. The van der Waals surface area contributed by atoms with Gasteiger partial charge in [-0.05, 0) is 103 Å². The van der Waals surface area contributed by atoms with E-state index in [4.69, 9.17) is 9.05 Å². The lowest BCUT2D eigenvalue weighted by molar-refractivity contribution is -0.870. The summed E-state index contributed by atoms with van der Waals surface area (Å²) in [6.45, 7) is 4.71. The minimum Gasteiger partial charge on any atom is -0.387 e. The van der Waals surface area contributed by atoms with E-state index in [9.17, 15) is 19.4 Å². The summed E-state index contributed by atoms with van der Waals surface area (Å²) < 4.78 is 23.8. The van der Waals surface area contributed by atoms with E-state index in [1.165, 1.54) is 173 Å². The molecule has 0 bridgehead atoms. The number of unbranched alkanes of at least 4 members (excludes halogenated alkanes) is 34. The number of quaternary nitrogens is 1. The average Bonchev–Trinajstić information content (AvgIpc) is 2.63. The summed E-state index contributed by atoms with van der Waals surface area (Å²) in [5.74, 6) is -0.198. The van der Waals surface area contributed by atoms with Crippen LogP contribution in [0.4, 0.5) is 0 Å². The van der Waals surface area contributed by atoms with Crippen LogP contribution in [0.25, 0.3) is 0 Å². The molecule has 0 heterocycles. The fourth-order valence-corrected chi connectivity index (χ4v) is 11.4. The summed E-state index contributed by atoms with van der Waals surface area (Å²) >= 11 is 0. The fraction of sp³-hybridized carbons (Fsp3) is 0.699. The Balaban J connectivity index is 4.15. The number of amides is 1. The second-order valence-corrected chi connectivity index (χ2v) is 28.1. The summed E-state index contributed by atoms with van der Waals surface area (Å²) in [7, 11) is 1.55. The first kappa shape index (κ1) is 88.4. The molecular weight excluding hydrogens is 1150 g/mol. The smallest absolute Gasteiger partial charge is 0.387 e. The Morgan fingerprint density at radius 2 is 0.652 bits per heavy atom. The molecule has 0 aromatic carbocycles. The number of carbonyl (C=O) groups is 1. The van der Waals surface area contributed by atoms with E-state index >= 15 is 0 Å². The number of hydrogen-bond donors (Lipinski definition) is 3. The molecule has 3 atom stereocenters. The Labute approximate surface area is 569 Å². The van der Waals surface area contributed by atoms with Gasteiger partial charge in [-0.3, -0.25) is 13.8 Å². The zero-order valence-corrected chi connectivity index (χ0v) is 61.4. The maximum Gasteiger partial charge on any atom is 0.472 e. The number of rotatable bonds is 69. The molecule has 0 fully saturated rings. The number of allylic oxidation sites excluding steroid dienone is 23. The van der Waals surface area contributed by atoms with Crippen LogP contribution in [0.15, 0.2) is 146 Å². The van der Waals surface area contributed by atoms with E-state index in [0.717, 1.165) is 128 Å². The van der Waals surface area contributed by atoms with Crippen molar-refractivity contribution in [2.75, 3.05) is 40.9 Å². The highest BCUT2D eigenvalue weighted by atomic mass is 31.2. The minimum absolute atomic E-state index is 0.0505. The molecule has 0 saturated heterocycles. The maximum absolute atomic E-state index is 13.1. The molecule has 528 valence electrons. The van der Waals surface area contributed by atoms with Gasteiger partial charge in [0.2, 0.25) is 5.91 Å². The van der Waals surface area contributed by atoms with Crippen LogP contribution in [0.3, 0.4) is 0 Å². The van der Waals surface area contributed by atoms with Crippen molar-refractivity contribution in [1.29, 1.82) is 0 Å². The second kappa shape index (κ2) is 71.7. The number of hydrogen-bond acceptors (Lipinski definition) is 5. The zero-order chi connectivity index (χ0) is 66.9. The van der Waals surface area contributed by atoms with Crippen LogP contribution in [-0.2, 0) is 18.4 Å². The summed E-state index contributed by atoms with van der Waals surface area (Å²) in [4.78, 5) is 23.5. The summed E-state index contributed by atoms with van der Waals surface area (Å²) in [5.41, 5.74) is 0. The lowest BCUT2D eigenvalue weighted by Crippen LogP contribution is -2.45. The number of nitrogens with one attached hydrogen (secondary N) is 1. The van der Waals surface area contributed by atoms with Crippen LogP contribution in [0.2, 0.25) is 0 Å². The monoisotopic (exact) mass is 1300 g/mol. The number of nitrogens with zero attached hydrogens (tertiary/aromatic N) is 1. The summed E-state index contributed by atoms with van der Waals surface area (Å²) in [6.07, 6.45) is 110. The van der Waals surface area contributed by atoms with E-state index < -0.39 is 20.0 Å². The summed E-state index contributed by atoms with van der Waals surface area (Å²) in [6, 6.07) is -0.870. The zero-order valence-electron chi connectivity index (χ0n) is 60.5. The minimum atomic E-state index is -4.37. The number of aliphatic hydroxyl groups is 1. The number of phosphoric acid groups is 1. The molecular formula is C83H146N2O6P+. The van der Waals surface area contributed by atoms with Crippen LogP contribution >= 0.6 is 7.82 Å². The quantitative estimate of drug-likeness (QED) is 0.0243. The van der Waals surface area contributed by atoms with Crippen LogP contribution in [0.1, 0.15) is 322 Å². The van der Waals surface area contributed by atoms with Crippen molar-refractivity contribution in [3.05, 3.63) is 146 Å². The lowest BCUT2D eigenvalue weighted by Gasteiger charge is -2.25. The van der Waals surface area contributed by atoms with Gasteiger partial charge < -0.3 is 19.8 Å². The highest BCUT2D eigenvalue weighted by Crippen LogP contribution is 2.43. The van der Waals surface area contributed by atoms with Gasteiger partial charge in [0.15, 0.2) is 0 Å². The van der Waals surface area contributed by atoms with Gasteiger partial charge in [0.05, 0.1) is 39.9 Å². The SMILES string of the molecule is CC/C=C\C/C=C\C/C=C\C/C=C\C/C=C\C/C=C\C/C=C\C/C=C\C/C=C\C/C=C\C/C=C\CCCCCCCC(=O)NC(COP(=O)(O)OCC[N+](C)(C)C)C(O)/C=C/CCCCCCCCCCCCCCCCCCCCCCCCCCCCCCC. The molecule has 3 N–H and O–H groups in total. The van der Waals surface area contributed by atoms with Gasteiger partial charge >= 0.3 is 7.82 Å². The van der Waals surface area contributed by atoms with Gasteiger partial charge in [-0.15, -0.1) is 0 Å². The number of carbonyl (C=O) groups excluding carboxylic acids is 1. The van der Waals surface area contributed by atoms with Gasteiger partial charge in [0.1, 0.15) is 13.2 Å². The predicted octanol–water partition coefficient (Wildman–Crippen LogP) is 25.1. The predicted molar refractivity (Wildman–Crippen MR) is 405 cm³/mol. The molecule has 1 amide bonds. The molecule has 0 aromatic heterocycles. The Morgan fingerprint density at radius 3 is 0.957 bits per heavy atom. The molecule has 0 aliphatic rings. The molecule has 92 heavy (non-hydrogen) atoms. The Kier molecular flexibility index (Phi) is 68.8. The van der Waals surface area contributed by atoms with E-state index in [1.54, 1.807) is 6.08 Å². The number of phosphoric ester groups is 1. The Bertz CT molecular complexity index is 2020. The van der Waals surface area contributed by atoms with E-state index in [0.29, 0.717) is 17.4 Å². The van der Waals surface area contributed by atoms with Crippen molar-refractivity contribution >= 4 is 13.7 Å². The van der Waals surface area contributed by atoms with Gasteiger partial charge in [0.25, 0.3) is 0 Å². The van der Waals surface area contributed by atoms with E-state index in [2.05, 4.69) is 153 Å². The summed E-state index contributed by atoms with van der Waals surface area (Å²) in [5, 5.41) is 14.0. The van der Waals surface area contributed by atoms with Crippen molar-refractivity contribution in [1.82, 2.24) is 5.32 Å². The Morgan fingerprint density at radius 1 is 0.380 bits per heavy atom. The van der Waals surface area contributed by atoms with Crippen LogP contribution < -0.4 is 5.32 Å². The first-order chi connectivity index (χ1) is 45.0. The molecule has 9 heteroatoms. The topological polar surface area (TPSA) is 105 Å². The largest absolute Gasteiger partial charge is 0.472 e. The van der Waals surface area contributed by atoms with Gasteiger partial charge in [-0.2, -0.15) is 0 Å². The van der Waals surface area contributed by atoms with Crippen LogP contribution in [0.5, 0.6) is 0 Å². The molecule has 0 spiro atoms. The standard InChI is InChI=1S/C83H145N2O6P/c1-6-8-10-12-14-16-18-20-22-24-26-28-30-32-34-36-38-39-40-41-42-43-44-45-47-49-51-53-55-57-59-61-63-65-67-69-71-73-75-77-83(87)84-81(80-91-92(88,89)90-79-78-85(3,4)5)82(86)76-74-72-70-68-66-64-62-60-58-56-54-52-50-48-46-37-35-33-31-29-27-25-23-21-19-17-15-13-11-9-7-2/h8,10,14,16,20,22,26,28,32,34,38-39,41-42,44-45,49,51,55,57,61,63,74,76,81-82,86H,6-7,9,11-13,15,17-19,21,23-25,27,29-31,33,35-37,40,43,46-48,50,52-54,56,58-60,62,64-73,75,77-80H2,1-5H3,(H-,84,87,88,89)/p+1/b10-8-,16-14-,22-20-,28-26-,34-32-,39-38-,42-41-,45-44-,51-49-,57-55-,63-61-,76-74+. The molecule has 3 unspecified atom stereocenters. The maximum atomic E-state index is 13.1.